The summed E-state index contributed by atoms with van der Waals surface area (Å²) >= 11 is 6.37. The average molecular weight is 358 g/mol. The first kappa shape index (κ1) is 17.2. The monoisotopic (exact) mass is 357 g/mol. The van der Waals surface area contributed by atoms with E-state index in [1.165, 1.54) is 12.1 Å². The number of benzene rings is 2. The Balaban J connectivity index is 1.71. The number of carbonyl (C=O) groups excluding carboxylic acids is 1. The molecule has 3 aromatic rings. The minimum absolute atomic E-state index is 0.270. The Labute approximate surface area is 150 Å². The number of aryl methyl sites for hydroxylation is 1. The smallest absolute Gasteiger partial charge is 0.256 e. The van der Waals surface area contributed by atoms with Crippen LogP contribution >= 0.6 is 11.6 Å². The molecule has 6 heteroatoms. The van der Waals surface area contributed by atoms with E-state index in [1.54, 1.807) is 17.7 Å². The van der Waals surface area contributed by atoms with Gasteiger partial charge in [0.1, 0.15) is 11.0 Å². The van der Waals surface area contributed by atoms with Gasteiger partial charge in [-0.25, -0.2) is 9.07 Å². The molecule has 0 unspecified atom stereocenters. The zero-order chi connectivity index (χ0) is 17.8. The van der Waals surface area contributed by atoms with Gasteiger partial charge in [0.05, 0.1) is 16.9 Å². The molecule has 3 rings (SSSR count). The third-order valence-corrected chi connectivity index (χ3v) is 4.17. The zero-order valence-corrected chi connectivity index (χ0v) is 14.4. The number of halogens is 2. The van der Waals surface area contributed by atoms with Crippen molar-refractivity contribution < 1.29 is 9.18 Å². The molecule has 0 bridgehead atoms. The van der Waals surface area contributed by atoms with Crippen LogP contribution < -0.4 is 5.32 Å². The molecule has 25 heavy (non-hydrogen) atoms. The van der Waals surface area contributed by atoms with E-state index < -0.39 is 0 Å². The zero-order valence-electron chi connectivity index (χ0n) is 13.7. The maximum atomic E-state index is 13.2. The van der Waals surface area contributed by atoms with E-state index in [0.29, 0.717) is 24.2 Å². The summed E-state index contributed by atoms with van der Waals surface area (Å²) < 4.78 is 14.7. The van der Waals surface area contributed by atoms with Crippen molar-refractivity contribution >= 4 is 17.5 Å². The first-order chi connectivity index (χ1) is 12.1. The van der Waals surface area contributed by atoms with E-state index in [4.69, 9.17) is 11.6 Å². The highest BCUT2D eigenvalue weighted by Gasteiger charge is 2.20. The van der Waals surface area contributed by atoms with Crippen molar-refractivity contribution in [2.45, 2.75) is 13.3 Å². The van der Waals surface area contributed by atoms with Crippen LogP contribution in [0.4, 0.5) is 4.39 Å². The standard InChI is InChI=1S/C19H17ClFN3O/c1-13-17(18(20)24(23-13)16-8-3-2-4-9-16)19(25)22-11-10-14-6-5-7-15(21)12-14/h2-9,12H,10-11H2,1H3,(H,22,25). The molecule has 0 fully saturated rings. The molecule has 0 aliphatic carbocycles. The molecule has 1 N–H and O–H groups in total. The second-order valence-corrected chi connectivity index (χ2v) is 5.99. The van der Waals surface area contributed by atoms with Crippen molar-refractivity contribution in [3.8, 4) is 5.69 Å². The number of rotatable bonds is 5. The van der Waals surface area contributed by atoms with Crippen molar-refractivity contribution in [1.29, 1.82) is 0 Å². The van der Waals surface area contributed by atoms with Crippen LogP contribution in [0.25, 0.3) is 5.69 Å². The minimum Gasteiger partial charge on any atom is -0.352 e. The highest BCUT2D eigenvalue weighted by atomic mass is 35.5. The molecule has 0 spiro atoms. The fraction of sp³-hybridized carbons (Fsp3) is 0.158. The van der Waals surface area contributed by atoms with Crippen molar-refractivity contribution in [1.82, 2.24) is 15.1 Å². The first-order valence-corrected chi connectivity index (χ1v) is 8.27. The lowest BCUT2D eigenvalue weighted by molar-refractivity contribution is 0.0953. The maximum absolute atomic E-state index is 13.2. The number of hydrogen-bond acceptors (Lipinski definition) is 2. The van der Waals surface area contributed by atoms with Gasteiger partial charge >= 0.3 is 0 Å². The Morgan fingerprint density at radius 3 is 2.68 bits per heavy atom. The van der Waals surface area contributed by atoms with Crippen LogP contribution in [0.5, 0.6) is 0 Å². The van der Waals surface area contributed by atoms with Gasteiger partial charge in [0, 0.05) is 6.54 Å². The number of para-hydroxylation sites is 1. The van der Waals surface area contributed by atoms with Crippen molar-refractivity contribution in [2.24, 2.45) is 0 Å². The quantitative estimate of drug-likeness (QED) is 0.751. The minimum atomic E-state index is -0.291. The number of aromatic nitrogens is 2. The lowest BCUT2D eigenvalue weighted by atomic mass is 10.1. The van der Waals surface area contributed by atoms with E-state index in [-0.39, 0.29) is 16.9 Å². The number of nitrogens with one attached hydrogen (secondary N) is 1. The first-order valence-electron chi connectivity index (χ1n) is 7.89. The summed E-state index contributed by atoms with van der Waals surface area (Å²) in [6.45, 7) is 2.13. The Hall–Kier alpha value is -2.66. The normalized spacial score (nSPS) is 10.7. The Kier molecular flexibility index (Phi) is 5.14. The second-order valence-electron chi connectivity index (χ2n) is 5.63. The van der Waals surface area contributed by atoms with E-state index in [2.05, 4.69) is 10.4 Å². The summed E-state index contributed by atoms with van der Waals surface area (Å²) in [5, 5.41) is 7.44. The Morgan fingerprint density at radius 2 is 1.96 bits per heavy atom. The molecule has 0 radical (unpaired) electrons. The molecule has 1 aromatic heterocycles. The van der Waals surface area contributed by atoms with Gasteiger partial charge in [-0.05, 0) is 43.2 Å². The van der Waals surface area contributed by atoms with Crippen molar-refractivity contribution in [3.05, 3.63) is 82.4 Å². The summed E-state index contributed by atoms with van der Waals surface area (Å²) in [5.41, 5.74) is 2.51. The fourth-order valence-electron chi connectivity index (χ4n) is 2.60. The number of nitrogens with zero attached hydrogens (tertiary/aromatic N) is 2. The Bertz CT molecular complexity index is 893. The van der Waals surface area contributed by atoms with Gasteiger partial charge in [0.15, 0.2) is 0 Å². The molecule has 4 nitrogen and oxygen atoms in total. The van der Waals surface area contributed by atoms with E-state index in [0.717, 1.165) is 11.3 Å². The maximum Gasteiger partial charge on any atom is 0.256 e. The molecule has 128 valence electrons. The van der Waals surface area contributed by atoms with Crippen LogP contribution in [-0.4, -0.2) is 22.2 Å². The highest BCUT2D eigenvalue weighted by Crippen LogP contribution is 2.23. The summed E-state index contributed by atoms with van der Waals surface area (Å²) in [6.07, 6.45) is 0.535. The van der Waals surface area contributed by atoms with Crippen LogP contribution in [0.3, 0.4) is 0 Å². The van der Waals surface area contributed by atoms with Crippen LogP contribution in [0.15, 0.2) is 54.6 Å². The van der Waals surface area contributed by atoms with Gasteiger partial charge in [-0.2, -0.15) is 5.10 Å². The fourth-order valence-corrected chi connectivity index (χ4v) is 2.96. The third kappa shape index (κ3) is 3.88. The van der Waals surface area contributed by atoms with Gasteiger partial charge < -0.3 is 5.32 Å². The number of hydrogen-bond donors (Lipinski definition) is 1. The molecular weight excluding hydrogens is 341 g/mol. The van der Waals surface area contributed by atoms with Gasteiger partial charge in [-0.1, -0.05) is 41.9 Å². The van der Waals surface area contributed by atoms with E-state index >= 15 is 0 Å². The summed E-state index contributed by atoms with van der Waals surface area (Å²) in [4.78, 5) is 12.5. The summed E-state index contributed by atoms with van der Waals surface area (Å²) in [6, 6.07) is 15.7. The van der Waals surface area contributed by atoms with Crippen LogP contribution in [-0.2, 0) is 6.42 Å². The van der Waals surface area contributed by atoms with E-state index in [1.807, 2.05) is 36.4 Å². The molecule has 0 saturated heterocycles. The SMILES string of the molecule is Cc1nn(-c2ccccc2)c(Cl)c1C(=O)NCCc1cccc(F)c1. The molecule has 0 saturated carbocycles. The van der Waals surface area contributed by atoms with Crippen LogP contribution in [0, 0.1) is 12.7 Å². The lowest BCUT2D eigenvalue weighted by Gasteiger charge is -2.06. The topological polar surface area (TPSA) is 46.9 Å². The number of amides is 1. The molecule has 0 atom stereocenters. The van der Waals surface area contributed by atoms with Gasteiger partial charge in [0.25, 0.3) is 5.91 Å². The molecule has 0 aliphatic heterocycles. The number of carbonyl (C=O) groups is 1. The largest absolute Gasteiger partial charge is 0.352 e. The average Bonchev–Trinajstić information content (AvgIpc) is 2.90. The van der Waals surface area contributed by atoms with Crippen LogP contribution in [0.1, 0.15) is 21.6 Å². The molecular formula is C19H17ClFN3O. The predicted molar refractivity (Wildman–Crippen MR) is 95.7 cm³/mol. The lowest BCUT2D eigenvalue weighted by Crippen LogP contribution is -2.26. The second kappa shape index (κ2) is 7.49. The van der Waals surface area contributed by atoms with Crippen LogP contribution in [0.2, 0.25) is 5.15 Å². The molecule has 1 amide bonds. The molecule has 1 heterocycles. The highest BCUT2D eigenvalue weighted by molar-refractivity contribution is 6.33. The molecule has 0 aliphatic rings. The third-order valence-electron chi connectivity index (χ3n) is 3.82. The molecule has 2 aromatic carbocycles. The van der Waals surface area contributed by atoms with Gasteiger partial charge in [-0.3, -0.25) is 4.79 Å². The van der Waals surface area contributed by atoms with Crippen molar-refractivity contribution in [3.63, 3.8) is 0 Å². The van der Waals surface area contributed by atoms with E-state index in [9.17, 15) is 9.18 Å². The predicted octanol–water partition coefficient (Wildman–Crippen LogP) is 3.95. The van der Waals surface area contributed by atoms with Crippen molar-refractivity contribution in [2.75, 3.05) is 6.54 Å². The summed E-state index contributed by atoms with van der Waals surface area (Å²) in [5.74, 6) is -0.576. The van der Waals surface area contributed by atoms with Gasteiger partial charge in [0.2, 0.25) is 0 Å². The Morgan fingerprint density at radius 1 is 1.20 bits per heavy atom. The summed E-state index contributed by atoms with van der Waals surface area (Å²) in [7, 11) is 0. The van der Waals surface area contributed by atoms with Gasteiger partial charge in [-0.15, -0.1) is 0 Å².